The molecule has 0 amide bonds. The SMILES string of the molecule is CC1C=Cc2c1c(N)c(N)c1c(N)c(N)c3c(N)c(N)c(N)c(N)c3c21. The lowest BCUT2D eigenvalue weighted by molar-refractivity contribution is 0.997. The molecule has 0 bridgehead atoms. The van der Waals surface area contributed by atoms with Gasteiger partial charge in [-0.05, 0) is 11.1 Å². The molecule has 3 aromatic rings. The predicted octanol–water partition coefficient (Wildman–Crippen LogP) is 1.78. The van der Waals surface area contributed by atoms with Gasteiger partial charge in [0.15, 0.2) is 0 Å². The van der Waals surface area contributed by atoms with Crippen molar-refractivity contribution in [2.75, 3.05) is 45.9 Å². The van der Waals surface area contributed by atoms with Crippen molar-refractivity contribution in [2.45, 2.75) is 12.8 Å². The zero-order valence-electron chi connectivity index (χ0n) is 14.4. The molecule has 0 aromatic heterocycles. The van der Waals surface area contributed by atoms with Gasteiger partial charge in [0.1, 0.15) is 0 Å². The summed E-state index contributed by atoms with van der Waals surface area (Å²) in [6.07, 6.45) is 4.02. The molecule has 8 heteroatoms. The van der Waals surface area contributed by atoms with Gasteiger partial charge in [-0.25, -0.2) is 0 Å². The van der Waals surface area contributed by atoms with Gasteiger partial charge in [-0.15, -0.1) is 0 Å². The summed E-state index contributed by atoms with van der Waals surface area (Å²) in [4.78, 5) is 0. The molecule has 3 aromatic carbocycles. The molecule has 1 aliphatic rings. The average Bonchev–Trinajstić information content (AvgIpc) is 2.99. The summed E-state index contributed by atoms with van der Waals surface area (Å²) in [7, 11) is 0. The second kappa shape index (κ2) is 4.69. The Bertz CT molecular complexity index is 1180. The first-order chi connectivity index (χ1) is 12.2. The quantitative estimate of drug-likeness (QED) is 0.170. The molecule has 0 saturated carbocycles. The molecule has 8 nitrogen and oxygen atoms in total. The van der Waals surface area contributed by atoms with Gasteiger partial charge >= 0.3 is 0 Å². The third-order valence-corrected chi connectivity index (χ3v) is 5.40. The van der Waals surface area contributed by atoms with Crippen molar-refractivity contribution in [3.05, 3.63) is 17.2 Å². The average molecular weight is 350 g/mol. The molecule has 1 aliphatic carbocycles. The van der Waals surface area contributed by atoms with Crippen LogP contribution in [0.3, 0.4) is 0 Å². The Morgan fingerprint density at radius 2 is 0.962 bits per heavy atom. The first kappa shape index (κ1) is 15.8. The first-order valence-corrected chi connectivity index (χ1v) is 8.13. The Hall–Kier alpha value is -3.68. The topological polar surface area (TPSA) is 208 Å². The molecule has 1 atom stereocenters. The standard InChI is InChI=1S/C18H22N8/c1-4-2-3-5-6(4)11(19)13(21)9-7(5)8-10(15(23)14(9)22)16(24)18(26)17(25)12(8)20/h2-4H,19-26H2,1H3. The maximum atomic E-state index is 6.35. The number of nitrogens with two attached hydrogens (primary N) is 8. The van der Waals surface area contributed by atoms with Crippen molar-refractivity contribution < 1.29 is 0 Å². The van der Waals surface area contributed by atoms with Crippen LogP contribution in [0.2, 0.25) is 0 Å². The summed E-state index contributed by atoms with van der Waals surface area (Å²) in [6, 6.07) is 0. The van der Waals surface area contributed by atoms with Crippen LogP contribution >= 0.6 is 0 Å². The van der Waals surface area contributed by atoms with Crippen LogP contribution in [0.1, 0.15) is 24.0 Å². The maximum Gasteiger partial charge on any atom is 0.0810 e. The van der Waals surface area contributed by atoms with E-state index in [-0.39, 0.29) is 28.7 Å². The van der Waals surface area contributed by atoms with Crippen LogP contribution in [-0.4, -0.2) is 0 Å². The highest BCUT2D eigenvalue weighted by atomic mass is 14.8. The van der Waals surface area contributed by atoms with Gasteiger partial charge < -0.3 is 45.9 Å². The number of rotatable bonds is 0. The Morgan fingerprint density at radius 1 is 0.538 bits per heavy atom. The Balaban J connectivity index is 2.47. The summed E-state index contributed by atoms with van der Waals surface area (Å²) >= 11 is 0. The summed E-state index contributed by atoms with van der Waals surface area (Å²) < 4.78 is 0. The van der Waals surface area contributed by atoms with E-state index in [9.17, 15) is 0 Å². The number of hydrogen-bond acceptors (Lipinski definition) is 8. The minimum Gasteiger partial charge on any atom is -0.397 e. The molecule has 4 rings (SSSR count). The van der Waals surface area contributed by atoms with E-state index >= 15 is 0 Å². The molecule has 0 heterocycles. The van der Waals surface area contributed by atoms with Crippen LogP contribution in [0.5, 0.6) is 0 Å². The minimum absolute atomic E-state index is 0.107. The van der Waals surface area contributed by atoms with Crippen molar-refractivity contribution in [1.29, 1.82) is 0 Å². The fourth-order valence-electron chi connectivity index (χ4n) is 4.01. The fourth-order valence-corrected chi connectivity index (χ4v) is 4.01. The van der Waals surface area contributed by atoms with E-state index < -0.39 is 0 Å². The lowest BCUT2D eigenvalue weighted by Crippen LogP contribution is -2.10. The lowest BCUT2D eigenvalue weighted by atomic mass is 9.87. The van der Waals surface area contributed by atoms with Crippen LogP contribution in [0.4, 0.5) is 45.5 Å². The Kier molecular flexibility index (Phi) is 2.86. The van der Waals surface area contributed by atoms with Crippen molar-refractivity contribution in [3.8, 4) is 0 Å². The molecule has 26 heavy (non-hydrogen) atoms. The summed E-state index contributed by atoms with van der Waals surface area (Å²) in [6.45, 7) is 2.04. The Labute approximate surface area is 149 Å². The van der Waals surface area contributed by atoms with Gasteiger partial charge in [-0.2, -0.15) is 0 Å². The highest BCUT2D eigenvalue weighted by molar-refractivity contribution is 6.33. The number of allylic oxidation sites excluding steroid dienone is 1. The number of fused-ring (bicyclic) bond motifs is 5. The van der Waals surface area contributed by atoms with Gasteiger partial charge in [0, 0.05) is 27.5 Å². The number of hydrogen-bond donors (Lipinski definition) is 8. The molecule has 0 radical (unpaired) electrons. The summed E-state index contributed by atoms with van der Waals surface area (Å²) in [5, 5.41) is 2.38. The third kappa shape index (κ3) is 1.58. The predicted molar refractivity (Wildman–Crippen MR) is 114 cm³/mol. The number of nitrogen functional groups attached to an aromatic ring is 8. The van der Waals surface area contributed by atoms with Crippen LogP contribution < -0.4 is 45.9 Å². The maximum absolute atomic E-state index is 6.35. The van der Waals surface area contributed by atoms with Gasteiger partial charge in [-0.3, -0.25) is 0 Å². The van der Waals surface area contributed by atoms with Gasteiger partial charge in [0.25, 0.3) is 0 Å². The molecule has 0 aliphatic heterocycles. The molecule has 134 valence electrons. The molecule has 1 unspecified atom stereocenters. The number of benzene rings is 3. The van der Waals surface area contributed by atoms with Crippen molar-refractivity contribution >= 4 is 73.1 Å². The molecular formula is C18H22N8. The van der Waals surface area contributed by atoms with Crippen LogP contribution in [-0.2, 0) is 0 Å². The fraction of sp³-hybridized carbons (Fsp3) is 0.111. The lowest BCUT2D eigenvalue weighted by Gasteiger charge is -2.22. The van der Waals surface area contributed by atoms with Gasteiger partial charge in [0.2, 0.25) is 0 Å². The molecule has 0 saturated heterocycles. The van der Waals surface area contributed by atoms with Gasteiger partial charge in [0.05, 0.1) is 45.5 Å². The number of anilines is 8. The zero-order valence-corrected chi connectivity index (χ0v) is 14.4. The second-order valence-corrected chi connectivity index (χ2v) is 6.78. The highest BCUT2D eigenvalue weighted by Crippen LogP contribution is 2.53. The molecular weight excluding hydrogens is 328 g/mol. The highest BCUT2D eigenvalue weighted by Gasteiger charge is 2.28. The monoisotopic (exact) mass is 350 g/mol. The van der Waals surface area contributed by atoms with Crippen LogP contribution in [0.25, 0.3) is 27.6 Å². The van der Waals surface area contributed by atoms with E-state index in [1.807, 2.05) is 19.1 Å². The van der Waals surface area contributed by atoms with Gasteiger partial charge in [-0.1, -0.05) is 19.1 Å². The smallest absolute Gasteiger partial charge is 0.0810 e. The normalized spacial score (nSPS) is 15.8. The van der Waals surface area contributed by atoms with Crippen molar-refractivity contribution in [1.82, 2.24) is 0 Å². The first-order valence-electron chi connectivity index (χ1n) is 8.13. The second-order valence-electron chi connectivity index (χ2n) is 6.78. The third-order valence-electron chi connectivity index (χ3n) is 5.40. The summed E-state index contributed by atoms with van der Waals surface area (Å²) in [5.74, 6) is 0.107. The molecule has 16 N–H and O–H groups in total. The Morgan fingerprint density at radius 3 is 1.54 bits per heavy atom. The van der Waals surface area contributed by atoms with E-state index in [4.69, 9.17) is 45.9 Å². The molecule has 0 fully saturated rings. The summed E-state index contributed by atoms with van der Waals surface area (Å²) in [5.41, 5.74) is 54.1. The van der Waals surface area contributed by atoms with Crippen LogP contribution in [0.15, 0.2) is 6.08 Å². The van der Waals surface area contributed by atoms with E-state index in [2.05, 4.69) is 0 Å². The van der Waals surface area contributed by atoms with E-state index in [0.717, 1.165) is 16.5 Å². The van der Waals surface area contributed by atoms with E-state index in [1.165, 1.54) is 0 Å². The van der Waals surface area contributed by atoms with Crippen molar-refractivity contribution in [3.63, 3.8) is 0 Å². The largest absolute Gasteiger partial charge is 0.397 e. The zero-order chi connectivity index (χ0) is 19.1. The van der Waals surface area contributed by atoms with E-state index in [1.54, 1.807) is 0 Å². The molecule has 0 spiro atoms. The minimum atomic E-state index is 0.107. The van der Waals surface area contributed by atoms with Crippen molar-refractivity contribution in [2.24, 2.45) is 0 Å². The van der Waals surface area contributed by atoms with E-state index in [0.29, 0.717) is 38.9 Å². The van der Waals surface area contributed by atoms with Crippen LogP contribution in [0, 0.1) is 0 Å².